The van der Waals surface area contributed by atoms with Crippen LogP contribution in [0.1, 0.15) is 18.4 Å². The number of rotatable bonds is 6. The summed E-state index contributed by atoms with van der Waals surface area (Å²) < 4.78 is 0.967. The maximum Gasteiger partial charge on any atom is 0.240 e. The van der Waals surface area contributed by atoms with Crippen LogP contribution in [0.25, 0.3) is 0 Å². The molecule has 24 heavy (non-hydrogen) atoms. The number of hydrazone groups is 1. The molecule has 0 atom stereocenters. The number of carbonyl (C=O) groups is 2. The molecule has 0 aliphatic rings. The van der Waals surface area contributed by atoms with Crippen LogP contribution < -0.4 is 10.7 Å². The number of benzene rings is 2. The van der Waals surface area contributed by atoms with Gasteiger partial charge in [-0.2, -0.15) is 5.10 Å². The van der Waals surface area contributed by atoms with E-state index >= 15 is 0 Å². The maximum atomic E-state index is 11.8. The van der Waals surface area contributed by atoms with Crippen molar-refractivity contribution in [1.82, 2.24) is 5.43 Å². The summed E-state index contributed by atoms with van der Waals surface area (Å²) in [5.41, 5.74) is 3.85. The van der Waals surface area contributed by atoms with Crippen molar-refractivity contribution in [2.45, 2.75) is 12.8 Å². The summed E-state index contributed by atoms with van der Waals surface area (Å²) in [5, 5.41) is 7.07. The lowest BCUT2D eigenvalue weighted by Crippen LogP contribution is -2.20. The Balaban J connectivity index is 1.72. The van der Waals surface area contributed by atoms with Gasteiger partial charge in [0.15, 0.2) is 0 Å². The second-order valence-corrected chi connectivity index (χ2v) is 6.26. The van der Waals surface area contributed by atoms with Crippen molar-refractivity contribution in [3.63, 3.8) is 0 Å². The molecule has 7 heteroatoms. The Hall–Kier alpha value is -2.18. The molecule has 0 aromatic heterocycles. The monoisotopic (exact) mass is 407 g/mol. The van der Waals surface area contributed by atoms with E-state index in [9.17, 15) is 9.59 Å². The topological polar surface area (TPSA) is 70.6 Å². The first kappa shape index (κ1) is 18.2. The number of amides is 2. The largest absolute Gasteiger partial charge is 0.326 e. The minimum atomic E-state index is -0.329. The molecular weight excluding hydrogens is 394 g/mol. The highest BCUT2D eigenvalue weighted by atomic mass is 79.9. The Kier molecular flexibility index (Phi) is 6.96. The predicted octanol–water partition coefficient (Wildman–Crippen LogP) is 3.97. The molecule has 0 aliphatic heterocycles. The van der Waals surface area contributed by atoms with Crippen LogP contribution in [0.4, 0.5) is 5.69 Å². The Morgan fingerprint density at radius 2 is 1.79 bits per heavy atom. The molecule has 0 unspecified atom stereocenters. The second kappa shape index (κ2) is 9.20. The average Bonchev–Trinajstić information content (AvgIpc) is 2.55. The van der Waals surface area contributed by atoms with E-state index in [2.05, 4.69) is 31.8 Å². The number of nitrogens with zero attached hydrogens (tertiary/aromatic N) is 1. The third kappa shape index (κ3) is 6.52. The van der Waals surface area contributed by atoms with Crippen LogP contribution in [0.5, 0.6) is 0 Å². The van der Waals surface area contributed by atoms with Gasteiger partial charge in [0.2, 0.25) is 11.8 Å². The lowest BCUT2D eigenvalue weighted by Gasteiger charge is -2.05. The maximum absolute atomic E-state index is 11.8. The average molecular weight is 409 g/mol. The fourth-order valence-electron chi connectivity index (χ4n) is 1.80. The SMILES string of the molecule is O=C(CCC(=O)Nc1cccc(Cl)c1)N/N=C/c1ccc(Br)cc1. The van der Waals surface area contributed by atoms with Gasteiger partial charge >= 0.3 is 0 Å². The van der Waals surface area contributed by atoms with Crippen molar-refractivity contribution >= 4 is 51.2 Å². The van der Waals surface area contributed by atoms with Crippen LogP contribution in [-0.4, -0.2) is 18.0 Å². The van der Waals surface area contributed by atoms with Gasteiger partial charge < -0.3 is 5.32 Å². The molecule has 2 aromatic rings. The molecule has 0 bridgehead atoms. The second-order valence-electron chi connectivity index (χ2n) is 4.90. The van der Waals surface area contributed by atoms with Crippen LogP contribution in [0.15, 0.2) is 58.1 Å². The van der Waals surface area contributed by atoms with Gasteiger partial charge in [-0.1, -0.05) is 45.7 Å². The van der Waals surface area contributed by atoms with Crippen LogP contribution in [0.3, 0.4) is 0 Å². The van der Waals surface area contributed by atoms with E-state index in [1.54, 1.807) is 24.3 Å². The van der Waals surface area contributed by atoms with E-state index in [4.69, 9.17) is 11.6 Å². The predicted molar refractivity (Wildman–Crippen MR) is 99.2 cm³/mol. The van der Waals surface area contributed by atoms with Crippen molar-refractivity contribution in [2.75, 3.05) is 5.32 Å². The first-order valence-electron chi connectivity index (χ1n) is 7.16. The number of halogens is 2. The van der Waals surface area contributed by atoms with Crippen molar-refractivity contribution in [2.24, 2.45) is 5.10 Å². The first-order valence-corrected chi connectivity index (χ1v) is 8.33. The summed E-state index contributed by atoms with van der Waals surface area (Å²) >= 11 is 9.18. The van der Waals surface area contributed by atoms with E-state index in [0.29, 0.717) is 10.7 Å². The van der Waals surface area contributed by atoms with Crippen molar-refractivity contribution in [3.8, 4) is 0 Å². The number of nitrogens with one attached hydrogen (secondary N) is 2. The van der Waals surface area contributed by atoms with Gasteiger partial charge in [-0.25, -0.2) is 5.43 Å². The molecule has 2 N–H and O–H groups in total. The molecule has 0 aliphatic carbocycles. The summed E-state index contributed by atoms with van der Waals surface area (Å²) in [5.74, 6) is -0.589. The molecule has 0 fully saturated rings. The highest BCUT2D eigenvalue weighted by Gasteiger charge is 2.07. The zero-order valence-corrected chi connectivity index (χ0v) is 15.0. The standard InChI is InChI=1S/C17H15BrClN3O2/c18-13-6-4-12(5-7-13)11-20-22-17(24)9-8-16(23)21-15-3-1-2-14(19)10-15/h1-7,10-11H,8-9H2,(H,21,23)(H,22,24)/b20-11+. The Bertz CT molecular complexity index is 748. The lowest BCUT2D eigenvalue weighted by molar-refractivity contribution is -0.124. The van der Waals surface area contributed by atoms with Gasteiger partial charge in [0.1, 0.15) is 0 Å². The molecule has 2 aromatic carbocycles. The third-order valence-corrected chi connectivity index (χ3v) is 3.72. The molecule has 0 saturated heterocycles. The number of hydrogen-bond acceptors (Lipinski definition) is 3. The summed E-state index contributed by atoms with van der Waals surface area (Å²) in [7, 11) is 0. The van der Waals surface area contributed by atoms with E-state index in [0.717, 1.165) is 10.0 Å². The summed E-state index contributed by atoms with van der Waals surface area (Å²) in [6.07, 6.45) is 1.65. The minimum absolute atomic E-state index is 0.0457. The molecule has 0 saturated carbocycles. The van der Waals surface area contributed by atoms with Gasteiger partial charge in [0, 0.05) is 28.0 Å². The zero-order valence-electron chi connectivity index (χ0n) is 12.6. The van der Waals surface area contributed by atoms with Crippen molar-refractivity contribution in [3.05, 3.63) is 63.6 Å². The van der Waals surface area contributed by atoms with Gasteiger partial charge in [-0.05, 0) is 35.9 Å². The van der Waals surface area contributed by atoms with Crippen molar-refractivity contribution in [1.29, 1.82) is 0 Å². The molecule has 5 nitrogen and oxygen atoms in total. The van der Waals surface area contributed by atoms with E-state index in [1.165, 1.54) is 6.21 Å². The van der Waals surface area contributed by atoms with Crippen LogP contribution >= 0.6 is 27.5 Å². The molecule has 2 amide bonds. The first-order chi connectivity index (χ1) is 11.5. The minimum Gasteiger partial charge on any atom is -0.326 e. The van der Waals surface area contributed by atoms with Crippen molar-refractivity contribution < 1.29 is 9.59 Å². The molecule has 124 valence electrons. The zero-order chi connectivity index (χ0) is 17.4. The Morgan fingerprint density at radius 3 is 2.50 bits per heavy atom. The summed E-state index contributed by atoms with van der Waals surface area (Å²) in [6, 6.07) is 14.3. The number of anilines is 1. The van der Waals surface area contributed by atoms with Crippen LogP contribution in [0, 0.1) is 0 Å². The smallest absolute Gasteiger partial charge is 0.240 e. The normalized spacial score (nSPS) is 10.6. The van der Waals surface area contributed by atoms with Gasteiger partial charge in [0.25, 0.3) is 0 Å². The van der Waals surface area contributed by atoms with Crippen LogP contribution in [-0.2, 0) is 9.59 Å². The van der Waals surface area contributed by atoms with Crippen LogP contribution in [0.2, 0.25) is 5.02 Å². The molecular formula is C17H15BrClN3O2. The number of carbonyl (C=O) groups excluding carboxylic acids is 2. The van der Waals surface area contributed by atoms with Gasteiger partial charge in [-0.15, -0.1) is 0 Å². The van der Waals surface area contributed by atoms with Gasteiger partial charge in [0.05, 0.1) is 6.21 Å². The molecule has 2 rings (SSSR count). The highest BCUT2D eigenvalue weighted by molar-refractivity contribution is 9.10. The fraction of sp³-hybridized carbons (Fsp3) is 0.118. The Labute approximate surface area is 153 Å². The van der Waals surface area contributed by atoms with E-state index in [1.807, 2.05) is 24.3 Å². The Morgan fingerprint density at radius 1 is 1.08 bits per heavy atom. The molecule has 0 spiro atoms. The summed E-state index contributed by atoms with van der Waals surface area (Å²) in [6.45, 7) is 0. The lowest BCUT2D eigenvalue weighted by atomic mass is 10.2. The van der Waals surface area contributed by atoms with Gasteiger partial charge in [-0.3, -0.25) is 9.59 Å². The summed E-state index contributed by atoms with van der Waals surface area (Å²) in [4.78, 5) is 23.4. The molecule has 0 radical (unpaired) electrons. The van der Waals surface area contributed by atoms with E-state index < -0.39 is 0 Å². The highest BCUT2D eigenvalue weighted by Crippen LogP contribution is 2.15. The quantitative estimate of drug-likeness (QED) is 0.561. The van der Waals surface area contributed by atoms with E-state index in [-0.39, 0.29) is 24.7 Å². The third-order valence-electron chi connectivity index (χ3n) is 2.96. The number of hydrogen-bond donors (Lipinski definition) is 2. The molecule has 0 heterocycles. The fourth-order valence-corrected chi connectivity index (χ4v) is 2.25.